The highest BCUT2D eigenvalue weighted by molar-refractivity contribution is 5.87. The second-order valence-electron chi connectivity index (χ2n) is 7.26. The fourth-order valence-corrected chi connectivity index (χ4v) is 3.90. The van der Waals surface area contributed by atoms with Gasteiger partial charge in [-0.05, 0) is 54.6 Å². The zero-order chi connectivity index (χ0) is 19.4. The van der Waals surface area contributed by atoms with Gasteiger partial charge < -0.3 is 15.0 Å². The van der Waals surface area contributed by atoms with E-state index in [2.05, 4.69) is 39.2 Å². The van der Waals surface area contributed by atoms with Crippen molar-refractivity contribution < 1.29 is 0 Å². The normalized spacial score (nSPS) is 11.6. The molecule has 5 aromatic rings. The van der Waals surface area contributed by atoms with Crippen LogP contribution in [0, 0.1) is 5.41 Å². The van der Waals surface area contributed by atoms with Crippen molar-refractivity contribution in [3.63, 3.8) is 0 Å². The summed E-state index contributed by atoms with van der Waals surface area (Å²) in [6, 6.07) is 26.4. The lowest BCUT2D eigenvalue weighted by Gasteiger charge is -1.97. The second kappa shape index (κ2) is 5.94. The Morgan fingerprint density at radius 3 is 1.83 bits per heavy atom. The largest absolute Gasteiger partial charge is 0.355 e. The van der Waals surface area contributed by atoms with Gasteiger partial charge >= 0.3 is 0 Å². The molecule has 4 aromatic heterocycles. The van der Waals surface area contributed by atoms with Gasteiger partial charge in [0.2, 0.25) is 0 Å². The number of nitrogens with one attached hydrogen (secondary N) is 4. The summed E-state index contributed by atoms with van der Waals surface area (Å²) >= 11 is 0. The summed E-state index contributed by atoms with van der Waals surface area (Å²) < 4.78 is 0. The van der Waals surface area contributed by atoms with E-state index in [1.165, 1.54) is 0 Å². The maximum Gasteiger partial charge on any atom is 0.104 e. The van der Waals surface area contributed by atoms with Gasteiger partial charge in [0.15, 0.2) is 0 Å². The molecular formula is C24H17N5. The van der Waals surface area contributed by atoms with Crippen LogP contribution < -0.4 is 5.36 Å². The third-order valence-electron chi connectivity index (χ3n) is 5.28. The molecule has 8 bridgehead atoms. The Bertz CT molecular complexity index is 1580. The third-order valence-corrected chi connectivity index (χ3v) is 5.28. The minimum atomic E-state index is 0.389. The molecule has 1 aliphatic heterocycles. The highest BCUT2D eigenvalue weighted by Gasteiger charge is 2.17. The fraction of sp³-hybridized carbons (Fsp3) is 0. The minimum Gasteiger partial charge on any atom is -0.355 e. The van der Waals surface area contributed by atoms with Gasteiger partial charge in [-0.15, -0.1) is 0 Å². The molecule has 29 heavy (non-hydrogen) atoms. The Morgan fingerprint density at radius 1 is 0.586 bits per heavy atom. The van der Waals surface area contributed by atoms with Crippen molar-refractivity contribution in [2.75, 3.05) is 0 Å². The lowest BCUT2D eigenvalue weighted by Crippen LogP contribution is -2.03. The molecule has 5 heterocycles. The smallest absolute Gasteiger partial charge is 0.104 e. The van der Waals surface area contributed by atoms with Crippen molar-refractivity contribution in [2.45, 2.75) is 0 Å². The third kappa shape index (κ3) is 2.63. The predicted octanol–water partition coefficient (Wildman–Crippen LogP) is 5.34. The van der Waals surface area contributed by atoms with Crippen molar-refractivity contribution in [3.05, 3.63) is 84.2 Å². The van der Waals surface area contributed by atoms with Crippen molar-refractivity contribution in [1.29, 1.82) is 5.41 Å². The first-order chi connectivity index (χ1) is 14.2. The number of rotatable bonds is 0. The van der Waals surface area contributed by atoms with Crippen LogP contribution in [-0.4, -0.2) is 19.9 Å². The predicted molar refractivity (Wildman–Crippen MR) is 117 cm³/mol. The van der Waals surface area contributed by atoms with Crippen LogP contribution in [0.25, 0.3) is 55.6 Å². The SMILES string of the molecule is N=c1c2nc(cc3ccc(cc4ccc(cc5ccc1[nH]5)[nH]4)[nH]3)-c1ccccc1-2. The summed E-state index contributed by atoms with van der Waals surface area (Å²) in [6.45, 7) is 0. The first-order valence-electron chi connectivity index (χ1n) is 9.49. The monoisotopic (exact) mass is 375 g/mol. The average molecular weight is 375 g/mol. The van der Waals surface area contributed by atoms with Crippen LogP contribution in [0.5, 0.6) is 0 Å². The van der Waals surface area contributed by atoms with Crippen molar-refractivity contribution in [3.8, 4) is 22.5 Å². The molecule has 0 aliphatic carbocycles. The van der Waals surface area contributed by atoms with Gasteiger partial charge in [-0.1, -0.05) is 24.3 Å². The van der Waals surface area contributed by atoms with E-state index >= 15 is 0 Å². The van der Waals surface area contributed by atoms with E-state index in [0.29, 0.717) is 11.1 Å². The molecule has 0 saturated heterocycles. The zero-order valence-electron chi connectivity index (χ0n) is 15.5. The summed E-state index contributed by atoms with van der Waals surface area (Å²) in [6.07, 6.45) is 0. The van der Waals surface area contributed by atoms with E-state index in [4.69, 9.17) is 10.4 Å². The van der Waals surface area contributed by atoms with Gasteiger partial charge in [-0.25, -0.2) is 4.98 Å². The minimum absolute atomic E-state index is 0.389. The van der Waals surface area contributed by atoms with E-state index in [1.54, 1.807) is 0 Å². The maximum absolute atomic E-state index is 8.78. The second-order valence-corrected chi connectivity index (χ2v) is 7.26. The number of nitrogens with zero attached hydrogens (tertiary/aromatic N) is 1. The number of H-pyrrole nitrogens is 3. The Hall–Kier alpha value is -4.12. The van der Waals surface area contributed by atoms with Crippen LogP contribution >= 0.6 is 0 Å². The highest BCUT2D eigenvalue weighted by Crippen LogP contribution is 2.33. The van der Waals surface area contributed by atoms with Gasteiger partial charge in [0.1, 0.15) is 5.36 Å². The van der Waals surface area contributed by atoms with Gasteiger partial charge in [0.25, 0.3) is 0 Å². The molecule has 1 aliphatic rings. The summed E-state index contributed by atoms with van der Waals surface area (Å²) in [4.78, 5) is 15.0. The molecule has 5 nitrogen and oxygen atoms in total. The summed E-state index contributed by atoms with van der Waals surface area (Å²) in [5, 5.41) is 9.17. The molecule has 0 saturated carbocycles. The number of aromatic nitrogens is 4. The quantitative estimate of drug-likeness (QED) is 0.284. The van der Waals surface area contributed by atoms with Crippen molar-refractivity contribution >= 4 is 33.1 Å². The van der Waals surface area contributed by atoms with Gasteiger partial charge in [-0.3, -0.25) is 5.41 Å². The lowest BCUT2D eigenvalue weighted by molar-refractivity contribution is 1.25. The number of aromatic amines is 3. The zero-order valence-corrected chi connectivity index (χ0v) is 15.5. The van der Waals surface area contributed by atoms with Crippen LogP contribution in [0.3, 0.4) is 0 Å². The Morgan fingerprint density at radius 2 is 1.14 bits per heavy atom. The summed E-state index contributed by atoms with van der Waals surface area (Å²) in [7, 11) is 0. The average Bonchev–Trinajstić information content (AvgIpc) is 3.50. The van der Waals surface area contributed by atoms with Crippen LogP contribution in [0.15, 0.2) is 78.9 Å². The molecule has 5 heteroatoms. The molecule has 0 spiro atoms. The van der Waals surface area contributed by atoms with Crippen molar-refractivity contribution in [2.24, 2.45) is 0 Å². The summed E-state index contributed by atoms with van der Waals surface area (Å²) in [5.41, 5.74) is 9.29. The van der Waals surface area contributed by atoms with Crippen LogP contribution in [0.4, 0.5) is 0 Å². The van der Waals surface area contributed by atoms with Crippen LogP contribution in [0.2, 0.25) is 0 Å². The van der Waals surface area contributed by atoms with Gasteiger partial charge in [0.05, 0.1) is 16.9 Å². The van der Waals surface area contributed by atoms with Gasteiger partial charge in [0, 0.05) is 38.7 Å². The Kier molecular flexibility index (Phi) is 3.25. The molecule has 0 amide bonds. The van der Waals surface area contributed by atoms with Gasteiger partial charge in [-0.2, -0.15) is 0 Å². The molecule has 0 radical (unpaired) electrons. The Balaban J connectivity index is 1.79. The molecule has 0 fully saturated rings. The Labute approximate surface area is 165 Å². The first kappa shape index (κ1) is 15.9. The molecule has 0 unspecified atom stereocenters. The standard InChI is InChI=1S/C24H17N5/c25-23-21-10-9-17(28-21)12-16-6-5-14(26-16)11-15-7-8-18(27-15)13-22-19-3-1-2-4-20(19)24(23)29-22/h1-13,25-28H. The molecule has 6 rings (SSSR count). The van der Waals surface area contributed by atoms with E-state index in [-0.39, 0.29) is 0 Å². The lowest BCUT2D eigenvalue weighted by atomic mass is 10.0. The van der Waals surface area contributed by atoms with Crippen LogP contribution in [-0.2, 0) is 0 Å². The van der Waals surface area contributed by atoms with Crippen molar-refractivity contribution in [1.82, 2.24) is 19.9 Å². The maximum atomic E-state index is 8.78. The fourth-order valence-electron chi connectivity index (χ4n) is 3.90. The first-order valence-corrected chi connectivity index (χ1v) is 9.49. The molecule has 138 valence electrons. The number of hydrogen-bond donors (Lipinski definition) is 4. The highest BCUT2D eigenvalue weighted by atomic mass is 14.8. The molecule has 0 atom stereocenters. The van der Waals surface area contributed by atoms with E-state index in [9.17, 15) is 0 Å². The molecular weight excluding hydrogens is 358 g/mol. The van der Waals surface area contributed by atoms with Crippen LogP contribution in [0.1, 0.15) is 0 Å². The molecule has 4 N–H and O–H groups in total. The van der Waals surface area contributed by atoms with E-state index in [0.717, 1.165) is 49.9 Å². The van der Waals surface area contributed by atoms with E-state index < -0.39 is 0 Å². The molecule has 1 aromatic carbocycles. The topological polar surface area (TPSA) is 84.1 Å². The number of benzene rings is 1. The van der Waals surface area contributed by atoms with E-state index in [1.807, 2.05) is 54.6 Å². The number of hydrogen-bond acceptors (Lipinski definition) is 2. The number of fused-ring (bicyclic) bond motifs is 11. The summed E-state index contributed by atoms with van der Waals surface area (Å²) in [5.74, 6) is 0.